The predicted molar refractivity (Wildman–Crippen MR) is 71.5 cm³/mol. The van der Waals surface area contributed by atoms with Gasteiger partial charge in [-0.25, -0.2) is 4.39 Å². The number of nitrogens with two attached hydrogens (primary N) is 1. The zero-order valence-electron chi connectivity index (χ0n) is 10.6. The summed E-state index contributed by atoms with van der Waals surface area (Å²) < 4.78 is 13.8. The molecule has 6 heteroatoms. The Kier molecular flexibility index (Phi) is 4.31. The van der Waals surface area contributed by atoms with Gasteiger partial charge in [0.25, 0.3) is 5.69 Å². The van der Waals surface area contributed by atoms with E-state index in [4.69, 9.17) is 5.73 Å². The highest BCUT2D eigenvalue weighted by Gasteiger charge is 2.27. The van der Waals surface area contributed by atoms with Crippen molar-refractivity contribution in [1.82, 2.24) is 0 Å². The topological polar surface area (TPSA) is 81.2 Å². The van der Waals surface area contributed by atoms with Crippen molar-refractivity contribution in [1.29, 1.82) is 0 Å². The average Bonchev–Trinajstić information content (AvgIpc) is 2.41. The molecular formula is C13H18FN3O2. The molecule has 0 bridgehead atoms. The van der Waals surface area contributed by atoms with Gasteiger partial charge < -0.3 is 11.1 Å². The van der Waals surface area contributed by atoms with Gasteiger partial charge in [-0.1, -0.05) is 18.9 Å². The molecule has 2 atom stereocenters. The van der Waals surface area contributed by atoms with Gasteiger partial charge in [0.2, 0.25) is 0 Å². The lowest BCUT2D eigenvalue weighted by atomic mass is 9.84. The minimum atomic E-state index is -0.587. The summed E-state index contributed by atoms with van der Waals surface area (Å²) in [6, 6.07) is 3.90. The Hall–Kier alpha value is -1.69. The third kappa shape index (κ3) is 3.01. The maximum atomic E-state index is 13.8. The maximum Gasteiger partial charge on any atom is 0.295 e. The van der Waals surface area contributed by atoms with Crippen molar-refractivity contribution in [3.8, 4) is 0 Å². The second-order valence-corrected chi connectivity index (χ2v) is 4.92. The Labute approximate surface area is 111 Å². The molecular weight excluding hydrogens is 249 g/mol. The fourth-order valence-electron chi connectivity index (χ4n) is 2.67. The standard InChI is InChI=1S/C13H18FN3O2/c14-10-5-3-7-12(17(18)19)13(10)16-11-6-2-1-4-9(11)8-15/h3,5,7,9,11,16H,1-2,4,6,8,15H2. The molecule has 0 heterocycles. The molecule has 0 amide bonds. The van der Waals surface area contributed by atoms with E-state index in [0.29, 0.717) is 6.54 Å². The minimum Gasteiger partial charge on any atom is -0.374 e. The second-order valence-electron chi connectivity index (χ2n) is 4.92. The fraction of sp³-hybridized carbons (Fsp3) is 0.538. The average molecular weight is 267 g/mol. The van der Waals surface area contributed by atoms with E-state index in [9.17, 15) is 14.5 Å². The minimum absolute atomic E-state index is 0.00866. The quantitative estimate of drug-likeness (QED) is 0.649. The van der Waals surface area contributed by atoms with E-state index in [1.807, 2.05) is 0 Å². The molecule has 0 aliphatic heterocycles. The summed E-state index contributed by atoms with van der Waals surface area (Å²) in [5.41, 5.74) is 5.48. The van der Waals surface area contributed by atoms with Crippen LogP contribution in [0.25, 0.3) is 0 Å². The van der Waals surface area contributed by atoms with E-state index in [1.165, 1.54) is 18.2 Å². The number of para-hydroxylation sites is 1. The first kappa shape index (κ1) is 13.7. The van der Waals surface area contributed by atoms with Crippen LogP contribution in [0.5, 0.6) is 0 Å². The van der Waals surface area contributed by atoms with Crippen molar-refractivity contribution in [3.05, 3.63) is 34.1 Å². The molecule has 0 radical (unpaired) electrons. The van der Waals surface area contributed by atoms with Gasteiger partial charge in [0, 0.05) is 12.1 Å². The molecule has 2 unspecified atom stereocenters. The van der Waals surface area contributed by atoms with Crippen LogP contribution >= 0.6 is 0 Å². The smallest absolute Gasteiger partial charge is 0.295 e. The fourth-order valence-corrected chi connectivity index (χ4v) is 2.67. The molecule has 104 valence electrons. The summed E-state index contributed by atoms with van der Waals surface area (Å²) in [6.45, 7) is 0.514. The molecule has 19 heavy (non-hydrogen) atoms. The summed E-state index contributed by atoms with van der Waals surface area (Å²) >= 11 is 0. The van der Waals surface area contributed by atoms with Crippen LogP contribution in [-0.2, 0) is 0 Å². The van der Waals surface area contributed by atoms with E-state index in [2.05, 4.69) is 5.32 Å². The molecule has 1 fully saturated rings. The van der Waals surface area contributed by atoms with E-state index in [0.717, 1.165) is 25.7 Å². The number of anilines is 1. The first-order valence-corrected chi connectivity index (χ1v) is 6.53. The Bertz CT molecular complexity index is 467. The van der Waals surface area contributed by atoms with Crippen LogP contribution in [0.1, 0.15) is 25.7 Å². The first-order chi connectivity index (χ1) is 9.13. The Morgan fingerprint density at radius 1 is 1.42 bits per heavy atom. The Balaban J connectivity index is 2.24. The zero-order valence-corrected chi connectivity index (χ0v) is 10.6. The van der Waals surface area contributed by atoms with Crippen LogP contribution in [0.2, 0.25) is 0 Å². The third-order valence-corrected chi connectivity index (χ3v) is 3.73. The zero-order chi connectivity index (χ0) is 13.8. The number of hydrogen-bond donors (Lipinski definition) is 2. The van der Waals surface area contributed by atoms with Gasteiger partial charge >= 0.3 is 0 Å². The lowest BCUT2D eigenvalue weighted by Crippen LogP contribution is -2.37. The summed E-state index contributed by atoms with van der Waals surface area (Å²) in [4.78, 5) is 10.4. The maximum absolute atomic E-state index is 13.8. The number of hydrogen-bond acceptors (Lipinski definition) is 4. The van der Waals surface area contributed by atoms with Crippen molar-refractivity contribution < 1.29 is 9.31 Å². The molecule has 1 aromatic carbocycles. The molecule has 1 aliphatic rings. The lowest BCUT2D eigenvalue weighted by molar-refractivity contribution is -0.384. The van der Waals surface area contributed by atoms with Crippen molar-refractivity contribution in [2.45, 2.75) is 31.7 Å². The highest BCUT2D eigenvalue weighted by atomic mass is 19.1. The van der Waals surface area contributed by atoms with Crippen molar-refractivity contribution >= 4 is 11.4 Å². The SMILES string of the molecule is NCC1CCCCC1Nc1c(F)cccc1[N+](=O)[O-]. The van der Waals surface area contributed by atoms with Crippen LogP contribution in [-0.4, -0.2) is 17.5 Å². The van der Waals surface area contributed by atoms with Crippen LogP contribution in [0.15, 0.2) is 18.2 Å². The van der Waals surface area contributed by atoms with Gasteiger partial charge in [-0.3, -0.25) is 10.1 Å². The van der Waals surface area contributed by atoms with E-state index in [-0.39, 0.29) is 23.3 Å². The predicted octanol–water partition coefficient (Wildman–Crippen LogP) is 2.66. The summed E-state index contributed by atoms with van der Waals surface area (Å²) in [7, 11) is 0. The van der Waals surface area contributed by atoms with Gasteiger partial charge in [0.1, 0.15) is 5.69 Å². The monoisotopic (exact) mass is 267 g/mol. The highest BCUT2D eigenvalue weighted by molar-refractivity contribution is 5.62. The number of nitrogens with one attached hydrogen (secondary N) is 1. The molecule has 2 rings (SSSR count). The molecule has 1 aliphatic carbocycles. The number of rotatable bonds is 4. The van der Waals surface area contributed by atoms with Crippen molar-refractivity contribution in [2.24, 2.45) is 11.7 Å². The van der Waals surface area contributed by atoms with Gasteiger partial charge in [-0.2, -0.15) is 0 Å². The van der Waals surface area contributed by atoms with Crippen molar-refractivity contribution in [2.75, 3.05) is 11.9 Å². The number of nitro benzene ring substituents is 1. The van der Waals surface area contributed by atoms with E-state index >= 15 is 0 Å². The van der Waals surface area contributed by atoms with Crippen LogP contribution in [0.3, 0.4) is 0 Å². The van der Waals surface area contributed by atoms with Crippen LogP contribution < -0.4 is 11.1 Å². The molecule has 3 N–H and O–H groups in total. The Morgan fingerprint density at radius 3 is 2.84 bits per heavy atom. The largest absolute Gasteiger partial charge is 0.374 e. The molecule has 0 aromatic heterocycles. The summed E-state index contributed by atoms with van der Waals surface area (Å²) in [6.07, 6.45) is 4.00. The number of nitro groups is 1. The van der Waals surface area contributed by atoms with Crippen LogP contribution in [0, 0.1) is 21.8 Å². The highest BCUT2D eigenvalue weighted by Crippen LogP contribution is 2.32. The second kappa shape index (κ2) is 5.97. The van der Waals surface area contributed by atoms with E-state index in [1.54, 1.807) is 0 Å². The van der Waals surface area contributed by atoms with Gasteiger partial charge in [0.15, 0.2) is 5.82 Å². The first-order valence-electron chi connectivity index (χ1n) is 6.53. The van der Waals surface area contributed by atoms with Crippen LogP contribution in [0.4, 0.5) is 15.8 Å². The summed E-state index contributed by atoms with van der Waals surface area (Å²) in [5.74, 6) is -0.344. The van der Waals surface area contributed by atoms with Crippen molar-refractivity contribution in [3.63, 3.8) is 0 Å². The lowest BCUT2D eigenvalue weighted by Gasteiger charge is -2.32. The molecule has 1 aromatic rings. The number of benzene rings is 1. The Morgan fingerprint density at radius 2 is 2.16 bits per heavy atom. The number of nitrogens with zero attached hydrogens (tertiary/aromatic N) is 1. The molecule has 5 nitrogen and oxygen atoms in total. The summed E-state index contributed by atoms with van der Waals surface area (Å²) in [5, 5.41) is 13.9. The molecule has 0 saturated heterocycles. The van der Waals surface area contributed by atoms with Gasteiger partial charge in [-0.05, 0) is 31.4 Å². The molecule has 0 spiro atoms. The van der Waals surface area contributed by atoms with Gasteiger partial charge in [0.05, 0.1) is 4.92 Å². The molecule has 1 saturated carbocycles. The van der Waals surface area contributed by atoms with E-state index < -0.39 is 10.7 Å². The number of halogens is 1. The third-order valence-electron chi connectivity index (χ3n) is 3.73. The normalized spacial score (nSPS) is 23.1. The van der Waals surface area contributed by atoms with Gasteiger partial charge in [-0.15, -0.1) is 0 Å².